The van der Waals surface area contributed by atoms with Crippen molar-refractivity contribution in [3.8, 4) is 0 Å². The Balaban J connectivity index is 2.54. The standard InChI is InChI=1S/C10H15N3O4S/c1-18(16,17)6-2-5-12-8-3-4-10(13(14)15)9(11)7-8/h3-4,7,12H,2,5-6,11H2,1H3. The fraction of sp³-hybridized carbons (Fsp3) is 0.400. The molecule has 0 saturated heterocycles. The maximum atomic E-state index is 10.9. The SMILES string of the molecule is CS(=O)(=O)CCCNc1ccc([N+](=O)[O-])c(N)c1. The van der Waals surface area contributed by atoms with Crippen molar-refractivity contribution in [3.05, 3.63) is 28.3 Å². The Hall–Kier alpha value is -1.83. The van der Waals surface area contributed by atoms with Crippen LogP contribution in [0.4, 0.5) is 17.1 Å². The van der Waals surface area contributed by atoms with Crippen molar-refractivity contribution in [2.45, 2.75) is 6.42 Å². The number of sulfone groups is 1. The minimum Gasteiger partial charge on any atom is -0.393 e. The molecular formula is C10H15N3O4S. The molecule has 1 aromatic rings. The van der Waals surface area contributed by atoms with E-state index in [0.717, 1.165) is 0 Å². The summed E-state index contributed by atoms with van der Waals surface area (Å²) in [6, 6.07) is 4.31. The molecule has 0 bridgehead atoms. The van der Waals surface area contributed by atoms with Crippen molar-refractivity contribution >= 4 is 26.9 Å². The van der Waals surface area contributed by atoms with E-state index in [1.165, 1.54) is 24.5 Å². The van der Waals surface area contributed by atoms with E-state index < -0.39 is 14.8 Å². The molecule has 0 amide bonds. The summed E-state index contributed by atoms with van der Waals surface area (Å²) in [5.41, 5.74) is 6.08. The highest BCUT2D eigenvalue weighted by atomic mass is 32.2. The molecule has 3 N–H and O–H groups in total. The van der Waals surface area contributed by atoms with Gasteiger partial charge in [0.15, 0.2) is 0 Å². The highest BCUT2D eigenvalue weighted by Gasteiger charge is 2.10. The molecule has 8 heteroatoms. The second-order valence-electron chi connectivity index (χ2n) is 3.94. The van der Waals surface area contributed by atoms with Crippen LogP contribution in [-0.2, 0) is 9.84 Å². The van der Waals surface area contributed by atoms with Crippen LogP contribution < -0.4 is 11.1 Å². The van der Waals surface area contributed by atoms with Crippen molar-refractivity contribution in [2.24, 2.45) is 0 Å². The van der Waals surface area contributed by atoms with Gasteiger partial charge < -0.3 is 11.1 Å². The Morgan fingerprint density at radius 3 is 2.61 bits per heavy atom. The monoisotopic (exact) mass is 273 g/mol. The lowest BCUT2D eigenvalue weighted by Gasteiger charge is -2.06. The van der Waals surface area contributed by atoms with E-state index in [9.17, 15) is 18.5 Å². The average Bonchev–Trinajstić information content (AvgIpc) is 2.22. The lowest BCUT2D eigenvalue weighted by molar-refractivity contribution is -0.383. The Morgan fingerprint density at radius 2 is 2.11 bits per heavy atom. The number of nitrogen functional groups attached to an aromatic ring is 1. The molecule has 7 nitrogen and oxygen atoms in total. The molecule has 0 atom stereocenters. The number of anilines is 2. The summed E-state index contributed by atoms with van der Waals surface area (Å²) in [4.78, 5) is 9.99. The normalized spacial score (nSPS) is 11.2. The smallest absolute Gasteiger partial charge is 0.292 e. The van der Waals surface area contributed by atoms with E-state index >= 15 is 0 Å². The first-order valence-corrected chi connectivity index (χ1v) is 7.31. The lowest BCUT2D eigenvalue weighted by atomic mass is 10.2. The maximum absolute atomic E-state index is 10.9. The predicted octanol–water partition coefficient (Wildman–Crippen LogP) is 1.02. The number of nitrogens with two attached hydrogens (primary N) is 1. The summed E-state index contributed by atoms with van der Waals surface area (Å²) in [6.07, 6.45) is 1.65. The predicted molar refractivity (Wildman–Crippen MR) is 70.3 cm³/mol. The molecular weight excluding hydrogens is 258 g/mol. The fourth-order valence-electron chi connectivity index (χ4n) is 1.40. The van der Waals surface area contributed by atoms with Gasteiger partial charge in [-0.15, -0.1) is 0 Å². The van der Waals surface area contributed by atoms with Crippen LogP contribution in [0.1, 0.15) is 6.42 Å². The number of nitrogens with one attached hydrogen (secondary N) is 1. The third kappa shape index (κ3) is 4.58. The number of hydrogen-bond donors (Lipinski definition) is 2. The maximum Gasteiger partial charge on any atom is 0.292 e. The molecule has 0 fully saturated rings. The number of benzene rings is 1. The average molecular weight is 273 g/mol. The van der Waals surface area contributed by atoms with Gasteiger partial charge in [-0.3, -0.25) is 10.1 Å². The number of nitro benzene ring substituents is 1. The van der Waals surface area contributed by atoms with Crippen LogP contribution >= 0.6 is 0 Å². The Kier molecular flexibility index (Phi) is 4.49. The van der Waals surface area contributed by atoms with Gasteiger partial charge in [-0.25, -0.2) is 8.42 Å². The summed E-state index contributed by atoms with van der Waals surface area (Å²) < 4.78 is 21.8. The molecule has 0 aliphatic carbocycles. The van der Waals surface area contributed by atoms with E-state index in [1.54, 1.807) is 0 Å². The third-order valence-electron chi connectivity index (χ3n) is 2.25. The Morgan fingerprint density at radius 1 is 1.44 bits per heavy atom. The zero-order valence-electron chi connectivity index (χ0n) is 9.92. The number of rotatable bonds is 6. The van der Waals surface area contributed by atoms with Gasteiger partial charge in [-0.05, 0) is 18.6 Å². The summed E-state index contributed by atoms with van der Waals surface area (Å²) in [7, 11) is -2.96. The second-order valence-corrected chi connectivity index (χ2v) is 6.20. The molecule has 1 rings (SSSR count). The van der Waals surface area contributed by atoms with Gasteiger partial charge in [0.1, 0.15) is 15.5 Å². The zero-order chi connectivity index (χ0) is 13.8. The van der Waals surface area contributed by atoms with Gasteiger partial charge in [-0.2, -0.15) is 0 Å². The lowest BCUT2D eigenvalue weighted by Crippen LogP contribution is -2.10. The topological polar surface area (TPSA) is 115 Å². The molecule has 0 heterocycles. The van der Waals surface area contributed by atoms with Gasteiger partial charge >= 0.3 is 0 Å². The summed E-state index contributed by atoms with van der Waals surface area (Å²) >= 11 is 0. The van der Waals surface area contributed by atoms with Crippen LogP contribution in [0.5, 0.6) is 0 Å². The first-order chi connectivity index (χ1) is 8.29. The van der Waals surface area contributed by atoms with Gasteiger partial charge in [0.05, 0.1) is 10.7 Å². The fourth-order valence-corrected chi connectivity index (χ4v) is 2.07. The Labute approximate surface area is 105 Å². The minimum atomic E-state index is -2.96. The Bertz CT molecular complexity index is 542. The molecule has 0 aromatic heterocycles. The first kappa shape index (κ1) is 14.2. The number of hydrogen-bond acceptors (Lipinski definition) is 6. The van der Waals surface area contributed by atoms with Crippen molar-refractivity contribution in [1.82, 2.24) is 0 Å². The van der Waals surface area contributed by atoms with Gasteiger partial charge in [0, 0.05) is 24.6 Å². The molecule has 18 heavy (non-hydrogen) atoms. The van der Waals surface area contributed by atoms with Crippen LogP contribution in [0.2, 0.25) is 0 Å². The van der Waals surface area contributed by atoms with E-state index in [1.807, 2.05) is 0 Å². The molecule has 0 aliphatic rings. The molecule has 0 saturated carbocycles. The second kappa shape index (κ2) is 5.67. The third-order valence-corrected chi connectivity index (χ3v) is 3.28. The van der Waals surface area contributed by atoms with Crippen molar-refractivity contribution < 1.29 is 13.3 Å². The number of nitro groups is 1. The number of nitrogens with zero attached hydrogens (tertiary/aromatic N) is 1. The molecule has 0 radical (unpaired) electrons. The first-order valence-electron chi connectivity index (χ1n) is 5.25. The highest BCUT2D eigenvalue weighted by Crippen LogP contribution is 2.24. The molecule has 0 aliphatic heterocycles. The van der Waals surface area contributed by atoms with Crippen LogP contribution in [0, 0.1) is 10.1 Å². The molecule has 0 spiro atoms. The minimum absolute atomic E-state index is 0.0770. The van der Waals surface area contributed by atoms with Gasteiger partial charge in [-0.1, -0.05) is 0 Å². The van der Waals surface area contributed by atoms with Crippen LogP contribution in [0.25, 0.3) is 0 Å². The van der Waals surface area contributed by atoms with E-state index in [0.29, 0.717) is 18.7 Å². The van der Waals surface area contributed by atoms with Crippen LogP contribution in [0.15, 0.2) is 18.2 Å². The van der Waals surface area contributed by atoms with Gasteiger partial charge in [0.25, 0.3) is 5.69 Å². The van der Waals surface area contributed by atoms with Crippen molar-refractivity contribution in [2.75, 3.05) is 29.6 Å². The highest BCUT2D eigenvalue weighted by molar-refractivity contribution is 7.90. The van der Waals surface area contributed by atoms with E-state index in [-0.39, 0.29) is 17.1 Å². The molecule has 0 unspecified atom stereocenters. The van der Waals surface area contributed by atoms with Crippen molar-refractivity contribution in [3.63, 3.8) is 0 Å². The summed E-state index contributed by atoms with van der Waals surface area (Å²) in [6.45, 7) is 0.463. The van der Waals surface area contributed by atoms with Gasteiger partial charge in [0.2, 0.25) is 0 Å². The molecule has 100 valence electrons. The summed E-state index contributed by atoms with van der Waals surface area (Å²) in [5.74, 6) is 0.0997. The van der Waals surface area contributed by atoms with E-state index in [4.69, 9.17) is 5.73 Å². The van der Waals surface area contributed by atoms with Crippen LogP contribution in [-0.4, -0.2) is 31.9 Å². The largest absolute Gasteiger partial charge is 0.393 e. The molecule has 1 aromatic carbocycles. The van der Waals surface area contributed by atoms with E-state index in [2.05, 4.69) is 5.32 Å². The van der Waals surface area contributed by atoms with Crippen molar-refractivity contribution in [1.29, 1.82) is 0 Å². The van der Waals surface area contributed by atoms with Crippen LogP contribution in [0.3, 0.4) is 0 Å². The summed E-state index contributed by atoms with van der Waals surface area (Å²) in [5, 5.41) is 13.5. The zero-order valence-corrected chi connectivity index (χ0v) is 10.7. The quantitative estimate of drug-likeness (QED) is 0.346.